The molecule has 0 atom stereocenters. The fraction of sp³-hybridized carbons (Fsp3) is 1.00. The van der Waals surface area contributed by atoms with Crippen LogP contribution < -0.4 is 4.72 Å². The molecule has 1 heterocycles. The van der Waals surface area contributed by atoms with Gasteiger partial charge in [-0.2, -0.15) is 12.7 Å². The summed E-state index contributed by atoms with van der Waals surface area (Å²) in [5, 5.41) is 0.826. The van der Waals surface area contributed by atoms with E-state index in [1.54, 1.807) is 4.31 Å². The van der Waals surface area contributed by atoms with Gasteiger partial charge < -0.3 is 0 Å². The molecule has 15 heavy (non-hydrogen) atoms. The van der Waals surface area contributed by atoms with E-state index < -0.39 is 10.2 Å². The van der Waals surface area contributed by atoms with E-state index >= 15 is 0 Å². The molecule has 0 bridgehead atoms. The number of piperidine rings is 1. The summed E-state index contributed by atoms with van der Waals surface area (Å²) >= 11 is 3.27. The van der Waals surface area contributed by atoms with Crippen LogP contribution in [0, 0.1) is 5.92 Å². The highest BCUT2D eigenvalue weighted by Gasteiger charge is 2.25. The van der Waals surface area contributed by atoms with Gasteiger partial charge in [0.25, 0.3) is 10.2 Å². The lowest BCUT2D eigenvalue weighted by Crippen LogP contribution is -2.44. The first-order valence-corrected chi connectivity index (χ1v) is 7.93. The molecule has 1 saturated heterocycles. The smallest absolute Gasteiger partial charge is 0.202 e. The lowest BCUT2D eigenvalue weighted by Gasteiger charge is -2.29. The monoisotopic (exact) mass is 298 g/mol. The molecular weight excluding hydrogens is 280 g/mol. The van der Waals surface area contributed by atoms with Crippen molar-refractivity contribution in [3.63, 3.8) is 0 Å². The summed E-state index contributed by atoms with van der Waals surface area (Å²) in [7, 11) is -3.22. The topological polar surface area (TPSA) is 49.4 Å². The third-order valence-corrected chi connectivity index (χ3v) is 4.85. The number of alkyl halides is 1. The Kier molecular flexibility index (Phi) is 5.52. The van der Waals surface area contributed by atoms with Crippen LogP contribution in [0.3, 0.4) is 0 Å². The second-order valence-corrected chi connectivity index (χ2v) is 6.57. The standard InChI is InChI=1S/C9H19BrN2O2S/c1-9-3-7-12(8-4-9)15(13,14)11-6-2-5-10/h9,11H,2-8H2,1H3. The second kappa shape index (κ2) is 6.18. The van der Waals surface area contributed by atoms with Gasteiger partial charge in [-0.15, -0.1) is 0 Å². The molecule has 1 aliphatic rings. The molecule has 1 aliphatic heterocycles. The van der Waals surface area contributed by atoms with Gasteiger partial charge in [0.2, 0.25) is 0 Å². The van der Waals surface area contributed by atoms with Gasteiger partial charge in [0, 0.05) is 25.0 Å². The Morgan fingerprint density at radius 2 is 2.00 bits per heavy atom. The summed E-state index contributed by atoms with van der Waals surface area (Å²) in [6.45, 7) is 4.00. The van der Waals surface area contributed by atoms with Gasteiger partial charge >= 0.3 is 0 Å². The highest BCUT2D eigenvalue weighted by Crippen LogP contribution is 2.17. The van der Waals surface area contributed by atoms with Crippen LogP contribution in [-0.2, 0) is 10.2 Å². The van der Waals surface area contributed by atoms with E-state index in [4.69, 9.17) is 0 Å². The number of nitrogens with zero attached hydrogens (tertiary/aromatic N) is 1. The van der Waals surface area contributed by atoms with Crippen molar-refractivity contribution in [2.75, 3.05) is 25.0 Å². The maximum atomic E-state index is 11.8. The average molecular weight is 299 g/mol. The van der Waals surface area contributed by atoms with Gasteiger partial charge in [0.05, 0.1) is 0 Å². The van der Waals surface area contributed by atoms with Gasteiger partial charge in [-0.05, 0) is 25.2 Å². The van der Waals surface area contributed by atoms with Crippen LogP contribution in [0.1, 0.15) is 26.2 Å². The SMILES string of the molecule is CC1CCN(S(=O)(=O)NCCCBr)CC1. The largest absolute Gasteiger partial charge is 0.279 e. The Bertz CT molecular complexity index is 274. The molecule has 1 fully saturated rings. The van der Waals surface area contributed by atoms with Crippen molar-refractivity contribution < 1.29 is 8.42 Å². The average Bonchev–Trinajstić information content (AvgIpc) is 2.18. The van der Waals surface area contributed by atoms with Crippen LogP contribution >= 0.6 is 15.9 Å². The molecule has 1 N–H and O–H groups in total. The summed E-state index contributed by atoms with van der Waals surface area (Å²) in [5.41, 5.74) is 0. The predicted octanol–water partition coefficient (Wildman–Crippen LogP) is 1.34. The first-order chi connectivity index (χ1) is 7.06. The third kappa shape index (κ3) is 4.38. The summed E-state index contributed by atoms with van der Waals surface area (Å²) < 4.78 is 27.7. The van der Waals surface area contributed by atoms with Crippen molar-refractivity contribution in [3.05, 3.63) is 0 Å². The Hall–Kier alpha value is 0.350. The van der Waals surface area contributed by atoms with E-state index in [1.165, 1.54) is 0 Å². The molecule has 0 unspecified atom stereocenters. The van der Waals surface area contributed by atoms with E-state index in [9.17, 15) is 8.42 Å². The molecule has 0 spiro atoms. The highest BCUT2D eigenvalue weighted by atomic mass is 79.9. The van der Waals surface area contributed by atoms with E-state index in [-0.39, 0.29) is 0 Å². The van der Waals surface area contributed by atoms with E-state index in [0.717, 1.165) is 24.6 Å². The Morgan fingerprint density at radius 3 is 2.53 bits per heavy atom. The second-order valence-electron chi connectivity index (χ2n) is 4.02. The van der Waals surface area contributed by atoms with Gasteiger partial charge in [-0.3, -0.25) is 0 Å². The van der Waals surface area contributed by atoms with E-state index in [2.05, 4.69) is 27.6 Å². The van der Waals surface area contributed by atoms with Crippen LogP contribution in [0.15, 0.2) is 0 Å². The van der Waals surface area contributed by atoms with Crippen LogP contribution in [0.5, 0.6) is 0 Å². The molecule has 0 aliphatic carbocycles. The maximum Gasteiger partial charge on any atom is 0.279 e. The zero-order valence-corrected chi connectivity index (χ0v) is 11.5. The van der Waals surface area contributed by atoms with Crippen molar-refractivity contribution in [2.24, 2.45) is 5.92 Å². The lowest BCUT2D eigenvalue weighted by atomic mass is 10.0. The minimum Gasteiger partial charge on any atom is -0.202 e. The quantitative estimate of drug-likeness (QED) is 0.615. The first-order valence-electron chi connectivity index (χ1n) is 5.37. The number of hydrogen-bond acceptors (Lipinski definition) is 2. The van der Waals surface area contributed by atoms with Crippen molar-refractivity contribution in [1.82, 2.24) is 9.03 Å². The number of hydrogen-bond donors (Lipinski definition) is 1. The van der Waals surface area contributed by atoms with Crippen LogP contribution in [0.4, 0.5) is 0 Å². The molecule has 1 rings (SSSR count). The van der Waals surface area contributed by atoms with Crippen LogP contribution in [-0.4, -0.2) is 37.7 Å². The third-order valence-electron chi connectivity index (χ3n) is 2.68. The molecular formula is C9H19BrN2O2S. The summed E-state index contributed by atoms with van der Waals surface area (Å²) in [5.74, 6) is 0.652. The predicted molar refractivity (Wildman–Crippen MR) is 65.3 cm³/mol. The van der Waals surface area contributed by atoms with Gasteiger partial charge in [0.1, 0.15) is 0 Å². The zero-order valence-electron chi connectivity index (χ0n) is 9.08. The maximum absolute atomic E-state index is 11.8. The Balaban J connectivity index is 2.40. The number of halogens is 1. The van der Waals surface area contributed by atoms with E-state index in [1.807, 2.05) is 0 Å². The molecule has 0 aromatic carbocycles. The highest BCUT2D eigenvalue weighted by molar-refractivity contribution is 9.09. The molecule has 4 nitrogen and oxygen atoms in total. The first kappa shape index (κ1) is 13.4. The van der Waals surface area contributed by atoms with Crippen LogP contribution in [0.25, 0.3) is 0 Å². The van der Waals surface area contributed by atoms with Gasteiger partial charge in [-0.1, -0.05) is 22.9 Å². The fourth-order valence-electron chi connectivity index (χ4n) is 1.58. The van der Waals surface area contributed by atoms with Gasteiger partial charge in [0.15, 0.2) is 0 Å². The van der Waals surface area contributed by atoms with Gasteiger partial charge in [-0.25, -0.2) is 4.72 Å². The molecule has 0 radical (unpaired) electrons. The Labute approximate surface area is 101 Å². The molecule has 6 heteroatoms. The van der Waals surface area contributed by atoms with Crippen molar-refractivity contribution >= 4 is 26.1 Å². The minimum absolute atomic E-state index is 0.514. The van der Waals surface area contributed by atoms with Crippen molar-refractivity contribution in [2.45, 2.75) is 26.2 Å². The number of rotatable bonds is 5. The fourth-order valence-corrected chi connectivity index (χ4v) is 3.14. The van der Waals surface area contributed by atoms with Crippen molar-refractivity contribution in [1.29, 1.82) is 0 Å². The van der Waals surface area contributed by atoms with Crippen LogP contribution in [0.2, 0.25) is 0 Å². The Morgan fingerprint density at radius 1 is 1.40 bits per heavy atom. The molecule has 0 amide bonds. The molecule has 0 saturated carbocycles. The molecule has 90 valence electrons. The molecule has 0 aromatic rings. The summed E-state index contributed by atoms with van der Waals surface area (Å²) in [4.78, 5) is 0. The molecule has 0 aromatic heterocycles. The summed E-state index contributed by atoms with van der Waals surface area (Å²) in [6, 6.07) is 0. The zero-order chi connectivity index (χ0) is 11.3. The van der Waals surface area contributed by atoms with E-state index in [0.29, 0.717) is 25.6 Å². The van der Waals surface area contributed by atoms with Crippen molar-refractivity contribution in [3.8, 4) is 0 Å². The summed E-state index contributed by atoms with van der Waals surface area (Å²) in [6.07, 6.45) is 2.77. The lowest BCUT2D eigenvalue weighted by molar-refractivity contribution is 0.285. The normalized spacial score (nSPS) is 20.7. The number of nitrogens with one attached hydrogen (secondary N) is 1. The minimum atomic E-state index is -3.22.